The summed E-state index contributed by atoms with van der Waals surface area (Å²) in [5.74, 6) is 0.720. The molecule has 0 spiro atoms. The summed E-state index contributed by atoms with van der Waals surface area (Å²) < 4.78 is 65.8. The minimum absolute atomic E-state index is 0.00683. The maximum absolute atomic E-state index is 12.5. The van der Waals surface area contributed by atoms with E-state index in [0.29, 0.717) is 39.8 Å². The monoisotopic (exact) mass is 506 g/mol. The second kappa shape index (κ2) is 10.7. The zero-order chi connectivity index (χ0) is 24.9. The van der Waals surface area contributed by atoms with Crippen molar-refractivity contribution < 1.29 is 31.8 Å². The topological polar surface area (TPSA) is 45.5 Å². The minimum Gasteiger partial charge on any atom is -0.497 e. The molecule has 0 fully saturated rings. The molecule has 1 aromatic heterocycles. The number of rotatable bonds is 9. The standard InChI is InChI=1S/C25H19ClF4N2O3/c1-33-18-8-2-15(3-9-18)14-32-23(17-6-12-20(13-7-17)35-25(29)30)21(26)22(31-32)16-4-10-19(11-5-16)34-24(27)28/h2-13,24-25H,14H2,1H3. The molecule has 0 saturated heterocycles. The predicted octanol–water partition coefficient (Wildman–Crippen LogP) is 7.13. The molecule has 35 heavy (non-hydrogen) atoms. The van der Waals surface area contributed by atoms with Crippen molar-refractivity contribution in [2.75, 3.05) is 7.11 Å². The lowest BCUT2D eigenvalue weighted by molar-refractivity contribution is -0.0505. The van der Waals surface area contributed by atoms with Crippen LogP contribution in [0.4, 0.5) is 17.6 Å². The first-order chi connectivity index (χ1) is 16.8. The number of methoxy groups -OCH3 is 1. The van der Waals surface area contributed by atoms with E-state index >= 15 is 0 Å². The van der Waals surface area contributed by atoms with Crippen molar-refractivity contribution in [1.82, 2.24) is 9.78 Å². The van der Waals surface area contributed by atoms with Crippen molar-refractivity contribution >= 4 is 11.6 Å². The van der Waals surface area contributed by atoms with E-state index in [1.165, 1.54) is 24.3 Å². The van der Waals surface area contributed by atoms with Crippen LogP contribution >= 0.6 is 11.6 Å². The summed E-state index contributed by atoms with van der Waals surface area (Å²) in [7, 11) is 1.58. The van der Waals surface area contributed by atoms with E-state index in [9.17, 15) is 17.6 Å². The molecule has 0 N–H and O–H groups in total. The number of alkyl halides is 4. The number of aromatic nitrogens is 2. The Labute approximate surface area is 203 Å². The molecule has 3 aromatic carbocycles. The Kier molecular flexibility index (Phi) is 7.45. The van der Waals surface area contributed by atoms with E-state index < -0.39 is 13.2 Å². The van der Waals surface area contributed by atoms with E-state index in [1.54, 1.807) is 36.1 Å². The first kappa shape index (κ1) is 24.4. The van der Waals surface area contributed by atoms with E-state index in [1.807, 2.05) is 24.3 Å². The van der Waals surface area contributed by atoms with Gasteiger partial charge in [-0.3, -0.25) is 4.68 Å². The fourth-order valence-electron chi connectivity index (χ4n) is 3.51. The summed E-state index contributed by atoms with van der Waals surface area (Å²) >= 11 is 6.75. The molecule has 182 valence electrons. The van der Waals surface area contributed by atoms with Crippen LogP contribution in [0.5, 0.6) is 17.2 Å². The van der Waals surface area contributed by atoms with Gasteiger partial charge in [0.05, 0.1) is 24.4 Å². The van der Waals surface area contributed by atoms with Gasteiger partial charge in [0.15, 0.2) is 0 Å². The van der Waals surface area contributed by atoms with Crippen molar-refractivity contribution in [2.24, 2.45) is 0 Å². The highest BCUT2D eigenvalue weighted by atomic mass is 35.5. The van der Waals surface area contributed by atoms with Crippen LogP contribution in [0, 0.1) is 0 Å². The Morgan fingerprint density at radius 3 is 1.71 bits per heavy atom. The number of hydrogen-bond donors (Lipinski definition) is 0. The fourth-order valence-corrected chi connectivity index (χ4v) is 3.86. The van der Waals surface area contributed by atoms with Gasteiger partial charge in [-0.2, -0.15) is 22.7 Å². The lowest BCUT2D eigenvalue weighted by Crippen LogP contribution is -2.05. The van der Waals surface area contributed by atoms with Gasteiger partial charge in [0.1, 0.15) is 22.9 Å². The Balaban J connectivity index is 1.74. The van der Waals surface area contributed by atoms with Gasteiger partial charge in [-0.25, -0.2) is 0 Å². The summed E-state index contributed by atoms with van der Waals surface area (Å²) in [6.45, 7) is -5.52. The molecule has 0 radical (unpaired) electrons. The van der Waals surface area contributed by atoms with Gasteiger partial charge in [-0.05, 0) is 66.2 Å². The van der Waals surface area contributed by atoms with Crippen LogP contribution in [0.3, 0.4) is 0 Å². The summed E-state index contributed by atoms with van der Waals surface area (Å²) in [5, 5.41) is 4.98. The van der Waals surface area contributed by atoms with Gasteiger partial charge in [0.25, 0.3) is 0 Å². The highest BCUT2D eigenvalue weighted by Gasteiger charge is 2.20. The molecule has 10 heteroatoms. The Hall–Kier alpha value is -3.72. The molecule has 5 nitrogen and oxygen atoms in total. The number of ether oxygens (including phenoxy) is 3. The summed E-state index contributed by atoms with van der Waals surface area (Å²) in [5.41, 5.74) is 3.10. The van der Waals surface area contributed by atoms with Crippen molar-refractivity contribution in [2.45, 2.75) is 19.8 Å². The maximum Gasteiger partial charge on any atom is 0.387 e. The van der Waals surface area contributed by atoms with E-state index in [2.05, 4.69) is 14.6 Å². The smallest absolute Gasteiger partial charge is 0.387 e. The second-order valence-corrected chi connectivity index (χ2v) is 7.70. The van der Waals surface area contributed by atoms with E-state index in [4.69, 9.17) is 16.3 Å². The normalized spacial score (nSPS) is 11.2. The van der Waals surface area contributed by atoms with Gasteiger partial charge >= 0.3 is 13.2 Å². The van der Waals surface area contributed by atoms with Gasteiger partial charge < -0.3 is 14.2 Å². The predicted molar refractivity (Wildman–Crippen MR) is 123 cm³/mol. The Morgan fingerprint density at radius 1 is 0.743 bits per heavy atom. The first-order valence-corrected chi connectivity index (χ1v) is 10.7. The molecular weight excluding hydrogens is 488 g/mol. The Bertz CT molecular complexity index is 1260. The molecule has 0 aliphatic rings. The average molecular weight is 507 g/mol. The average Bonchev–Trinajstić information content (AvgIpc) is 3.15. The molecule has 0 bridgehead atoms. The van der Waals surface area contributed by atoms with Crippen LogP contribution in [-0.2, 0) is 6.54 Å². The van der Waals surface area contributed by atoms with Crippen molar-refractivity contribution in [3.8, 4) is 39.8 Å². The zero-order valence-electron chi connectivity index (χ0n) is 18.3. The molecule has 0 unspecified atom stereocenters. The van der Waals surface area contributed by atoms with Crippen molar-refractivity contribution in [3.63, 3.8) is 0 Å². The molecule has 0 amide bonds. The largest absolute Gasteiger partial charge is 0.497 e. The van der Waals surface area contributed by atoms with E-state index in [-0.39, 0.29) is 11.5 Å². The third-order valence-electron chi connectivity index (χ3n) is 5.09. The Morgan fingerprint density at radius 2 is 1.23 bits per heavy atom. The van der Waals surface area contributed by atoms with E-state index in [0.717, 1.165) is 5.56 Å². The van der Waals surface area contributed by atoms with Crippen LogP contribution in [0.2, 0.25) is 5.02 Å². The van der Waals surface area contributed by atoms with Gasteiger partial charge in [0, 0.05) is 11.1 Å². The van der Waals surface area contributed by atoms with Crippen LogP contribution < -0.4 is 14.2 Å². The highest BCUT2D eigenvalue weighted by Crippen LogP contribution is 2.38. The van der Waals surface area contributed by atoms with Crippen LogP contribution in [-0.4, -0.2) is 30.1 Å². The molecule has 4 aromatic rings. The third-order valence-corrected chi connectivity index (χ3v) is 5.45. The van der Waals surface area contributed by atoms with Gasteiger partial charge in [0.2, 0.25) is 0 Å². The lowest BCUT2D eigenvalue weighted by atomic mass is 10.1. The summed E-state index contributed by atoms with van der Waals surface area (Å²) in [6, 6.07) is 19.4. The lowest BCUT2D eigenvalue weighted by Gasteiger charge is -2.10. The SMILES string of the molecule is COc1ccc(Cn2nc(-c3ccc(OC(F)F)cc3)c(Cl)c2-c2ccc(OC(F)F)cc2)cc1. The third kappa shape index (κ3) is 5.86. The number of hydrogen-bond acceptors (Lipinski definition) is 4. The first-order valence-electron chi connectivity index (χ1n) is 10.3. The van der Waals surface area contributed by atoms with Gasteiger partial charge in [-0.1, -0.05) is 23.7 Å². The second-order valence-electron chi connectivity index (χ2n) is 7.32. The van der Waals surface area contributed by atoms with Gasteiger partial charge in [-0.15, -0.1) is 0 Å². The zero-order valence-corrected chi connectivity index (χ0v) is 19.1. The molecule has 1 heterocycles. The molecule has 0 aliphatic carbocycles. The quantitative estimate of drug-likeness (QED) is 0.226. The number of halogens is 5. The summed E-state index contributed by atoms with van der Waals surface area (Å²) in [4.78, 5) is 0. The number of nitrogens with zero attached hydrogens (tertiary/aromatic N) is 2. The fraction of sp³-hybridized carbons (Fsp3) is 0.160. The number of benzene rings is 3. The highest BCUT2D eigenvalue weighted by molar-refractivity contribution is 6.35. The van der Waals surface area contributed by atoms with Crippen LogP contribution in [0.15, 0.2) is 72.8 Å². The molecule has 0 saturated carbocycles. The van der Waals surface area contributed by atoms with Crippen molar-refractivity contribution in [1.29, 1.82) is 0 Å². The van der Waals surface area contributed by atoms with Crippen LogP contribution in [0.1, 0.15) is 5.56 Å². The maximum atomic E-state index is 12.5. The summed E-state index contributed by atoms with van der Waals surface area (Å²) in [6.07, 6.45) is 0. The molecule has 4 rings (SSSR count). The minimum atomic E-state index is -2.94. The molecular formula is C25H19ClF4N2O3. The van der Waals surface area contributed by atoms with Crippen LogP contribution in [0.25, 0.3) is 22.5 Å². The van der Waals surface area contributed by atoms with Crippen molar-refractivity contribution in [3.05, 3.63) is 83.4 Å². The molecule has 0 aliphatic heterocycles. The molecule has 0 atom stereocenters.